The van der Waals surface area contributed by atoms with E-state index in [-0.39, 0.29) is 12.6 Å². The zero-order valence-electron chi connectivity index (χ0n) is 10.4. The van der Waals surface area contributed by atoms with Gasteiger partial charge in [-0.15, -0.1) is 0 Å². The maximum Gasteiger partial charge on any atom is 0.155 e. The van der Waals surface area contributed by atoms with E-state index in [1.54, 1.807) is 6.20 Å². The molecule has 1 aliphatic rings. The summed E-state index contributed by atoms with van der Waals surface area (Å²) >= 11 is 0. The number of anilines is 1. The quantitative estimate of drug-likeness (QED) is 0.862. The number of hydrogen-bond donors (Lipinski definition) is 1. The van der Waals surface area contributed by atoms with Gasteiger partial charge < -0.3 is 10.0 Å². The van der Waals surface area contributed by atoms with Crippen LogP contribution >= 0.6 is 0 Å². The number of rotatable bonds is 2. The lowest BCUT2D eigenvalue weighted by atomic mass is 10.2. The number of aliphatic hydroxyl groups excluding tert-OH is 1. The van der Waals surface area contributed by atoms with Gasteiger partial charge in [0, 0.05) is 24.3 Å². The molecule has 0 aromatic carbocycles. The average Bonchev–Trinajstić information content (AvgIpc) is 2.86. The van der Waals surface area contributed by atoms with Gasteiger partial charge in [-0.05, 0) is 25.8 Å². The standard InChI is InChI=1S/C13H16N4O/c1-9-15-7-10-4-5-14-13(12(10)16-9)17-6-2-3-11(17)8-18/h4-5,7,11,18H,2-3,6,8H2,1H3/t11-/m0/s1. The maximum atomic E-state index is 9.42. The molecule has 1 N–H and O–H groups in total. The molecule has 1 aliphatic heterocycles. The summed E-state index contributed by atoms with van der Waals surface area (Å²) in [6, 6.07) is 2.08. The van der Waals surface area contributed by atoms with E-state index in [0.29, 0.717) is 0 Å². The van der Waals surface area contributed by atoms with Gasteiger partial charge in [0.05, 0.1) is 12.6 Å². The number of pyridine rings is 1. The van der Waals surface area contributed by atoms with E-state index in [2.05, 4.69) is 19.9 Å². The zero-order valence-corrected chi connectivity index (χ0v) is 10.4. The fraction of sp³-hybridized carbons (Fsp3) is 0.462. The summed E-state index contributed by atoms with van der Waals surface area (Å²) < 4.78 is 0. The van der Waals surface area contributed by atoms with Gasteiger partial charge in [-0.2, -0.15) is 0 Å². The summed E-state index contributed by atoms with van der Waals surface area (Å²) in [6.45, 7) is 2.98. The summed E-state index contributed by atoms with van der Waals surface area (Å²) in [6.07, 6.45) is 5.71. The number of fused-ring (bicyclic) bond motifs is 1. The molecule has 1 atom stereocenters. The van der Waals surface area contributed by atoms with Crippen molar-refractivity contribution in [3.8, 4) is 0 Å². The van der Waals surface area contributed by atoms with Crippen LogP contribution in [0.15, 0.2) is 18.5 Å². The Morgan fingerprint density at radius 1 is 1.44 bits per heavy atom. The molecule has 1 fully saturated rings. The Bertz CT molecular complexity index is 572. The smallest absolute Gasteiger partial charge is 0.155 e. The van der Waals surface area contributed by atoms with Crippen LogP contribution in [0.2, 0.25) is 0 Å². The van der Waals surface area contributed by atoms with Gasteiger partial charge in [0.1, 0.15) is 11.3 Å². The summed E-state index contributed by atoms with van der Waals surface area (Å²) in [7, 11) is 0. The van der Waals surface area contributed by atoms with E-state index in [1.807, 2.05) is 19.2 Å². The first kappa shape index (κ1) is 11.3. The van der Waals surface area contributed by atoms with Gasteiger partial charge in [-0.3, -0.25) is 0 Å². The van der Waals surface area contributed by atoms with E-state index in [1.165, 1.54) is 0 Å². The number of nitrogens with zero attached hydrogens (tertiary/aromatic N) is 4. The highest BCUT2D eigenvalue weighted by molar-refractivity contribution is 5.88. The molecular formula is C13H16N4O. The minimum Gasteiger partial charge on any atom is -0.394 e. The van der Waals surface area contributed by atoms with Gasteiger partial charge >= 0.3 is 0 Å². The van der Waals surface area contributed by atoms with E-state index in [9.17, 15) is 5.11 Å². The minimum atomic E-state index is 0.165. The largest absolute Gasteiger partial charge is 0.394 e. The molecule has 0 bridgehead atoms. The average molecular weight is 244 g/mol. The maximum absolute atomic E-state index is 9.42. The van der Waals surface area contributed by atoms with Crippen LogP contribution in [0, 0.1) is 6.92 Å². The lowest BCUT2D eigenvalue weighted by molar-refractivity contribution is 0.266. The molecule has 1 saturated heterocycles. The molecule has 3 heterocycles. The molecule has 0 radical (unpaired) electrons. The number of aliphatic hydroxyl groups is 1. The molecule has 0 saturated carbocycles. The van der Waals surface area contributed by atoms with Crippen molar-refractivity contribution >= 4 is 16.7 Å². The van der Waals surface area contributed by atoms with Crippen molar-refractivity contribution in [2.75, 3.05) is 18.1 Å². The second kappa shape index (κ2) is 4.49. The highest BCUT2D eigenvalue weighted by Gasteiger charge is 2.26. The fourth-order valence-corrected chi connectivity index (χ4v) is 2.54. The van der Waals surface area contributed by atoms with Crippen LogP contribution in [0.25, 0.3) is 10.9 Å². The van der Waals surface area contributed by atoms with Gasteiger partial charge in [0.2, 0.25) is 0 Å². The first-order valence-electron chi connectivity index (χ1n) is 6.25. The van der Waals surface area contributed by atoms with E-state index >= 15 is 0 Å². The summed E-state index contributed by atoms with van der Waals surface area (Å²) in [5.74, 6) is 1.62. The topological polar surface area (TPSA) is 62.1 Å². The molecule has 2 aromatic rings. The Labute approximate surface area is 106 Å². The molecule has 94 valence electrons. The Morgan fingerprint density at radius 3 is 3.17 bits per heavy atom. The van der Waals surface area contributed by atoms with Gasteiger partial charge in [0.25, 0.3) is 0 Å². The fourth-order valence-electron chi connectivity index (χ4n) is 2.54. The molecule has 2 aromatic heterocycles. The second-order valence-corrected chi connectivity index (χ2v) is 4.66. The van der Waals surface area contributed by atoms with Crippen molar-refractivity contribution in [3.63, 3.8) is 0 Å². The Hall–Kier alpha value is -1.75. The van der Waals surface area contributed by atoms with Gasteiger partial charge in [-0.25, -0.2) is 15.0 Å². The monoisotopic (exact) mass is 244 g/mol. The third-order valence-corrected chi connectivity index (χ3v) is 3.46. The van der Waals surface area contributed by atoms with Crippen LogP contribution in [0.1, 0.15) is 18.7 Å². The molecule has 3 rings (SSSR count). The van der Waals surface area contributed by atoms with Crippen LogP contribution in [0.4, 0.5) is 5.82 Å². The van der Waals surface area contributed by atoms with E-state index < -0.39 is 0 Å². The number of hydrogen-bond acceptors (Lipinski definition) is 5. The molecule has 0 aliphatic carbocycles. The Balaban J connectivity index is 2.13. The van der Waals surface area contributed by atoms with Crippen LogP contribution < -0.4 is 4.90 Å². The molecule has 5 heteroatoms. The number of aromatic nitrogens is 3. The first-order valence-corrected chi connectivity index (χ1v) is 6.25. The highest BCUT2D eigenvalue weighted by Crippen LogP contribution is 2.28. The summed E-state index contributed by atoms with van der Waals surface area (Å²) in [5.41, 5.74) is 0.880. The normalized spacial score (nSPS) is 19.7. The first-order chi connectivity index (χ1) is 8.79. The third-order valence-electron chi connectivity index (χ3n) is 3.46. The minimum absolute atomic E-state index is 0.165. The molecule has 18 heavy (non-hydrogen) atoms. The van der Waals surface area contributed by atoms with Crippen molar-refractivity contribution in [2.24, 2.45) is 0 Å². The lowest BCUT2D eigenvalue weighted by Gasteiger charge is -2.24. The SMILES string of the molecule is Cc1ncc2ccnc(N3CCC[C@H]3CO)c2n1. The van der Waals surface area contributed by atoms with Crippen molar-refractivity contribution in [1.29, 1.82) is 0 Å². The molecule has 5 nitrogen and oxygen atoms in total. The van der Waals surface area contributed by atoms with Crippen molar-refractivity contribution in [3.05, 3.63) is 24.3 Å². The third kappa shape index (κ3) is 1.80. The van der Waals surface area contributed by atoms with Crippen molar-refractivity contribution < 1.29 is 5.11 Å². The molecule has 0 unspecified atom stereocenters. The Kier molecular flexibility index (Phi) is 2.83. The van der Waals surface area contributed by atoms with Gasteiger partial charge in [0.15, 0.2) is 5.82 Å². The second-order valence-electron chi connectivity index (χ2n) is 4.66. The van der Waals surface area contributed by atoms with Crippen LogP contribution in [0.5, 0.6) is 0 Å². The zero-order chi connectivity index (χ0) is 12.5. The predicted octanol–water partition coefficient (Wildman–Crippen LogP) is 1.29. The molecular weight excluding hydrogens is 228 g/mol. The van der Waals surface area contributed by atoms with Crippen LogP contribution in [-0.4, -0.2) is 39.3 Å². The molecule has 0 amide bonds. The molecule has 0 spiro atoms. The lowest BCUT2D eigenvalue weighted by Crippen LogP contribution is -2.33. The van der Waals surface area contributed by atoms with E-state index in [0.717, 1.165) is 41.9 Å². The van der Waals surface area contributed by atoms with Gasteiger partial charge in [-0.1, -0.05) is 0 Å². The van der Waals surface area contributed by atoms with Crippen LogP contribution in [0.3, 0.4) is 0 Å². The van der Waals surface area contributed by atoms with Crippen molar-refractivity contribution in [1.82, 2.24) is 15.0 Å². The summed E-state index contributed by atoms with van der Waals surface area (Å²) in [4.78, 5) is 15.3. The van der Waals surface area contributed by atoms with Crippen LogP contribution in [-0.2, 0) is 0 Å². The predicted molar refractivity (Wildman–Crippen MR) is 69.5 cm³/mol. The Morgan fingerprint density at radius 2 is 2.33 bits per heavy atom. The van der Waals surface area contributed by atoms with E-state index in [4.69, 9.17) is 0 Å². The highest BCUT2D eigenvalue weighted by atomic mass is 16.3. The number of aryl methyl sites for hydroxylation is 1. The summed E-state index contributed by atoms with van der Waals surface area (Å²) in [5, 5.41) is 10.4. The van der Waals surface area contributed by atoms with Crippen molar-refractivity contribution in [2.45, 2.75) is 25.8 Å².